The van der Waals surface area contributed by atoms with E-state index in [1.165, 1.54) is 0 Å². The number of rotatable bonds is 4. The zero-order valence-corrected chi connectivity index (χ0v) is 15.1. The molecule has 0 radical (unpaired) electrons. The number of nitrogens with zero attached hydrogens (tertiary/aromatic N) is 1. The number of nitrogens with one attached hydrogen (secondary N) is 1. The summed E-state index contributed by atoms with van der Waals surface area (Å²) in [7, 11) is 0. The average molecular weight is 338 g/mol. The molecule has 2 heterocycles. The SMILES string of the molecule is CC#CCC(C)(C)COC(=O)N1CCC2(CC1)CNCC(CO)O2. The lowest BCUT2D eigenvalue weighted by Gasteiger charge is -2.46. The van der Waals surface area contributed by atoms with Crippen LogP contribution in [0.3, 0.4) is 0 Å². The number of piperidine rings is 1. The van der Waals surface area contributed by atoms with Gasteiger partial charge in [-0.2, -0.15) is 0 Å². The number of morpholine rings is 1. The molecule has 0 aromatic carbocycles. The third-order valence-electron chi connectivity index (χ3n) is 4.70. The van der Waals surface area contributed by atoms with E-state index in [1.807, 2.05) is 20.8 Å². The second-order valence-electron chi connectivity index (χ2n) is 7.55. The third kappa shape index (κ3) is 5.10. The Morgan fingerprint density at radius 3 is 2.79 bits per heavy atom. The van der Waals surface area contributed by atoms with Gasteiger partial charge in [-0.05, 0) is 19.8 Å². The van der Waals surface area contributed by atoms with Gasteiger partial charge in [0.25, 0.3) is 0 Å². The van der Waals surface area contributed by atoms with Crippen molar-refractivity contribution in [2.45, 2.75) is 51.7 Å². The smallest absolute Gasteiger partial charge is 0.409 e. The summed E-state index contributed by atoms with van der Waals surface area (Å²) in [6.07, 6.45) is 1.82. The van der Waals surface area contributed by atoms with Crippen molar-refractivity contribution in [2.75, 3.05) is 39.4 Å². The zero-order valence-electron chi connectivity index (χ0n) is 15.1. The molecule has 24 heavy (non-hydrogen) atoms. The first-order chi connectivity index (χ1) is 11.4. The molecule has 2 rings (SSSR count). The first-order valence-corrected chi connectivity index (χ1v) is 8.70. The highest BCUT2D eigenvalue weighted by Crippen LogP contribution is 2.30. The second kappa shape index (κ2) is 8.19. The maximum absolute atomic E-state index is 12.3. The van der Waals surface area contributed by atoms with Crippen molar-refractivity contribution in [3.63, 3.8) is 0 Å². The van der Waals surface area contributed by atoms with Crippen LogP contribution in [-0.2, 0) is 9.47 Å². The number of likely N-dealkylation sites (tertiary alicyclic amines) is 1. The summed E-state index contributed by atoms with van der Waals surface area (Å²) in [5, 5.41) is 12.6. The number of hydrogen-bond donors (Lipinski definition) is 2. The Hall–Kier alpha value is -1.29. The predicted molar refractivity (Wildman–Crippen MR) is 91.6 cm³/mol. The van der Waals surface area contributed by atoms with Crippen molar-refractivity contribution < 1.29 is 19.4 Å². The number of aliphatic hydroxyl groups is 1. The van der Waals surface area contributed by atoms with Crippen LogP contribution in [0.4, 0.5) is 4.79 Å². The summed E-state index contributed by atoms with van der Waals surface area (Å²) < 4.78 is 11.5. The van der Waals surface area contributed by atoms with E-state index in [-0.39, 0.29) is 29.8 Å². The number of amides is 1. The quantitative estimate of drug-likeness (QED) is 0.758. The van der Waals surface area contributed by atoms with Crippen molar-refractivity contribution in [3.8, 4) is 11.8 Å². The van der Waals surface area contributed by atoms with Gasteiger partial charge < -0.3 is 24.8 Å². The van der Waals surface area contributed by atoms with Crippen LogP contribution in [0.2, 0.25) is 0 Å². The van der Waals surface area contributed by atoms with Crippen molar-refractivity contribution in [3.05, 3.63) is 0 Å². The topological polar surface area (TPSA) is 71.0 Å². The minimum absolute atomic E-state index is 0.0240. The Morgan fingerprint density at radius 2 is 2.17 bits per heavy atom. The molecule has 1 unspecified atom stereocenters. The molecular weight excluding hydrogens is 308 g/mol. The van der Waals surface area contributed by atoms with Crippen LogP contribution in [0.1, 0.15) is 40.0 Å². The normalized spacial score (nSPS) is 23.5. The molecule has 0 aliphatic carbocycles. The number of carbonyl (C=O) groups excluding carboxylic acids is 1. The number of ether oxygens (including phenoxy) is 2. The molecule has 1 atom stereocenters. The average Bonchev–Trinajstić information content (AvgIpc) is 2.59. The fourth-order valence-corrected chi connectivity index (χ4v) is 3.12. The monoisotopic (exact) mass is 338 g/mol. The molecule has 2 N–H and O–H groups in total. The summed E-state index contributed by atoms with van der Waals surface area (Å²) >= 11 is 0. The minimum Gasteiger partial charge on any atom is -0.449 e. The molecule has 2 fully saturated rings. The van der Waals surface area contributed by atoms with Gasteiger partial charge in [0.05, 0.1) is 24.9 Å². The van der Waals surface area contributed by atoms with Crippen molar-refractivity contribution >= 4 is 6.09 Å². The van der Waals surface area contributed by atoms with E-state index in [2.05, 4.69) is 17.2 Å². The lowest BCUT2D eigenvalue weighted by molar-refractivity contribution is -0.151. The van der Waals surface area contributed by atoms with Crippen LogP contribution in [0.5, 0.6) is 0 Å². The molecule has 6 nitrogen and oxygen atoms in total. The van der Waals surface area contributed by atoms with E-state index in [4.69, 9.17) is 9.47 Å². The molecule has 6 heteroatoms. The lowest BCUT2D eigenvalue weighted by atomic mass is 9.89. The summed E-state index contributed by atoms with van der Waals surface area (Å²) in [4.78, 5) is 14.0. The van der Waals surface area contributed by atoms with E-state index in [0.29, 0.717) is 32.7 Å². The van der Waals surface area contributed by atoms with Gasteiger partial charge in [-0.1, -0.05) is 13.8 Å². The van der Waals surface area contributed by atoms with Gasteiger partial charge in [-0.25, -0.2) is 4.79 Å². The van der Waals surface area contributed by atoms with Gasteiger partial charge in [0, 0.05) is 38.0 Å². The van der Waals surface area contributed by atoms with E-state index in [0.717, 1.165) is 19.4 Å². The molecular formula is C18H30N2O4. The first kappa shape index (κ1) is 19.0. The highest BCUT2D eigenvalue weighted by Gasteiger charge is 2.41. The van der Waals surface area contributed by atoms with E-state index >= 15 is 0 Å². The molecule has 136 valence electrons. The van der Waals surface area contributed by atoms with Gasteiger partial charge >= 0.3 is 6.09 Å². The Kier molecular flexibility index (Phi) is 6.50. The maximum atomic E-state index is 12.3. The summed E-state index contributed by atoms with van der Waals surface area (Å²) in [6, 6.07) is 0. The van der Waals surface area contributed by atoms with Crippen LogP contribution in [0.25, 0.3) is 0 Å². The summed E-state index contributed by atoms with van der Waals surface area (Å²) in [5.74, 6) is 5.92. The Morgan fingerprint density at radius 1 is 1.46 bits per heavy atom. The van der Waals surface area contributed by atoms with E-state index < -0.39 is 0 Å². The fraction of sp³-hybridized carbons (Fsp3) is 0.833. The molecule has 0 bridgehead atoms. The van der Waals surface area contributed by atoms with Crippen LogP contribution in [0.15, 0.2) is 0 Å². The summed E-state index contributed by atoms with van der Waals surface area (Å²) in [5.41, 5.74) is -0.404. The Labute approximate surface area is 144 Å². The number of aliphatic hydroxyl groups excluding tert-OH is 1. The fourth-order valence-electron chi connectivity index (χ4n) is 3.12. The Bertz CT molecular complexity index is 487. The second-order valence-corrected chi connectivity index (χ2v) is 7.55. The zero-order chi connectivity index (χ0) is 17.6. The van der Waals surface area contributed by atoms with Gasteiger partial charge in [-0.15, -0.1) is 11.8 Å². The van der Waals surface area contributed by atoms with Gasteiger partial charge in [-0.3, -0.25) is 0 Å². The standard InChI is InChI=1S/C18H30N2O4/c1-4-5-6-17(2,3)14-23-16(22)20-9-7-18(8-10-20)13-19-11-15(12-21)24-18/h15,19,21H,6-14H2,1-3H3. The number of carbonyl (C=O) groups is 1. The number of hydrogen-bond acceptors (Lipinski definition) is 5. The molecule has 0 aromatic rings. The largest absolute Gasteiger partial charge is 0.449 e. The van der Waals surface area contributed by atoms with Crippen molar-refractivity contribution in [2.24, 2.45) is 5.41 Å². The minimum atomic E-state index is -0.265. The van der Waals surface area contributed by atoms with Gasteiger partial charge in [0.2, 0.25) is 0 Å². The third-order valence-corrected chi connectivity index (χ3v) is 4.70. The van der Waals surface area contributed by atoms with Gasteiger partial charge in [0.15, 0.2) is 0 Å². The first-order valence-electron chi connectivity index (χ1n) is 8.70. The molecule has 1 spiro atoms. The van der Waals surface area contributed by atoms with E-state index in [1.54, 1.807) is 4.90 Å². The lowest BCUT2D eigenvalue weighted by Crippen LogP contribution is -2.59. The van der Waals surface area contributed by atoms with E-state index in [9.17, 15) is 9.90 Å². The van der Waals surface area contributed by atoms with Crippen molar-refractivity contribution in [1.29, 1.82) is 0 Å². The highest BCUT2D eigenvalue weighted by molar-refractivity contribution is 5.67. The van der Waals surface area contributed by atoms with Crippen molar-refractivity contribution in [1.82, 2.24) is 10.2 Å². The van der Waals surface area contributed by atoms with Gasteiger partial charge in [0.1, 0.15) is 0 Å². The molecule has 2 aliphatic rings. The summed E-state index contributed by atoms with van der Waals surface area (Å²) in [6.45, 7) is 8.99. The van der Waals surface area contributed by atoms with Crippen LogP contribution >= 0.6 is 0 Å². The van der Waals surface area contributed by atoms with Crippen LogP contribution in [-0.4, -0.2) is 67.2 Å². The molecule has 0 aromatic heterocycles. The molecule has 1 amide bonds. The Balaban J connectivity index is 1.79. The molecule has 2 saturated heterocycles. The molecule has 0 saturated carbocycles. The highest BCUT2D eigenvalue weighted by atomic mass is 16.6. The van der Waals surface area contributed by atoms with Crippen LogP contribution < -0.4 is 5.32 Å². The predicted octanol–water partition coefficient (Wildman–Crippen LogP) is 1.38. The maximum Gasteiger partial charge on any atom is 0.409 e. The molecule has 2 aliphatic heterocycles. The van der Waals surface area contributed by atoms with Crippen LogP contribution in [0, 0.1) is 17.3 Å².